The van der Waals surface area contributed by atoms with Crippen LogP contribution in [0.2, 0.25) is 0 Å². The van der Waals surface area contributed by atoms with E-state index in [2.05, 4.69) is 0 Å². The second-order valence-corrected chi connectivity index (χ2v) is 9.86. The Hall–Kier alpha value is -3.92. The molecule has 0 bridgehead atoms. The van der Waals surface area contributed by atoms with E-state index >= 15 is 0 Å². The summed E-state index contributed by atoms with van der Waals surface area (Å²) >= 11 is 0.836. The lowest BCUT2D eigenvalue weighted by Gasteiger charge is -2.27. The predicted octanol–water partition coefficient (Wildman–Crippen LogP) is 4.65. The molecular formula is C26H24N4O5S. The maximum absolute atomic E-state index is 13.0. The minimum Gasteiger partial charge on any atom is -0.342 e. The van der Waals surface area contributed by atoms with Crippen LogP contribution in [0.1, 0.15) is 30.4 Å². The first kappa shape index (κ1) is 23.8. The molecular weight excluding hydrogens is 480 g/mol. The number of amides is 3. The van der Waals surface area contributed by atoms with Crippen LogP contribution in [0.4, 0.5) is 10.5 Å². The summed E-state index contributed by atoms with van der Waals surface area (Å²) in [5, 5.41) is 11.6. The molecule has 10 heteroatoms. The lowest BCUT2D eigenvalue weighted by molar-refractivity contribution is -0.384. The van der Waals surface area contributed by atoms with Crippen LogP contribution < -0.4 is 0 Å². The van der Waals surface area contributed by atoms with Crippen molar-refractivity contribution in [2.75, 3.05) is 19.6 Å². The van der Waals surface area contributed by atoms with Crippen molar-refractivity contribution >= 4 is 51.5 Å². The number of hydrogen-bond acceptors (Lipinski definition) is 6. The summed E-state index contributed by atoms with van der Waals surface area (Å²) in [6.07, 6.45) is 6.52. The van der Waals surface area contributed by atoms with Crippen LogP contribution in [0.15, 0.2) is 59.6 Å². The van der Waals surface area contributed by atoms with Gasteiger partial charge in [0.25, 0.3) is 16.8 Å². The minimum atomic E-state index is -0.467. The van der Waals surface area contributed by atoms with E-state index < -0.39 is 16.1 Å². The lowest BCUT2D eigenvalue weighted by atomic mass is 10.1. The van der Waals surface area contributed by atoms with Crippen molar-refractivity contribution in [3.8, 4) is 0 Å². The van der Waals surface area contributed by atoms with Gasteiger partial charge in [0.2, 0.25) is 5.91 Å². The zero-order chi connectivity index (χ0) is 25.2. The standard InChI is InChI=1S/C26H24N4O5S/c31-24(27-11-4-1-5-12-27)17-29-25(32)23(36-26(29)33)14-19-16-28(22-10-3-2-9-21(19)22)15-18-7-6-8-20(13-18)30(34)35/h2-3,6-10,13-14,16H,1,4-5,11-12,15,17H2/b23-14-. The molecule has 5 rings (SSSR count). The summed E-state index contributed by atoms with van der Waals surface area (Å²) in [4.78, 5) is 52.0. The molecule has 1 aromatic heterocycles. The van der Waals surface area contributed by atoms with Crippen LogP contribution in [-0.2, 0) is 16.1 Å². The van der Waals surface area contributed by atoms with Crippen LogP contribution in [0.3, 0.4) is 0 Å². The number of carbonyl (C=O) groups excluding carboxylic acids is 3. The Balaban J connectivity index is 1.40. The van der Waals surface area contributed by atoms with Crippen LogP contribution in [0.25, 0.3) is 17.0 Å². The van der Waals surface area contributed by atoms with Gasteiger partial charge in [0.05, 0.1) is 9.83 Å². The first-order valence-corrected chi connectivity index (χ1v) is 12.6. The molecule has 0 N–H and O–H groups in total. The van der Waals surface area contributed by atoms with Crippen LogP contribution in [0.5, 0.6) is 0 Å². The first-order valence-electron chi connectivity index (χ1n) is 11.7. The molecule has 184 valence electrons. The molecule has 3 aromatic rings. The van der Waals surface area contributed by atoms with E-state index in [1.807, 2.05) is 41.1 Å². The Morgan fingerprint density at radius 2 is 1.83 bits per heavy atom. The average Bonchev–Trinajstić information content (AvgIpc) is 3.36. The van der Waals surface area contributed by atoms with Gasteiger partial charge in [-0.15, -0.1) is 0 Å². The van der Waals surface area contributed by atoms with Crippen molar-refractivity contribution < 1.29 is 19.3 Å². The highest BCUT2D eigenvalue weighted by Gasteiger charge is 2.37. The maximum Gasteiger partial charge on any atom is 0.294 e. The molecule has 3 heterocycles. The van der Waals surface area contributed by atoms with Gasteiger partial charge in [-0.2, -0.15) is 0 Å². The third-order valence-electron chi connectivity index (χ3n) is 6.46. The van der Waals surface area contributed by atoms with Crippen molar-refractivity contribution in [2.45, 2.75) is 25.8 Å². The fourth-order valence-electron chi connectivity index (χ4n) is 4.64. The number of hydrogen-bond donors (Lipinski definition) is 0. The molecule has 0 radical (unpaired) electrons. The molecule has 0 saturated carbocycles. The van der Waals surface area contributed by atoms with E-state index in [-0.39, 0.29) is 23.0 Å². The van der Waals surface area contributed by atoms with E-state index in [4.69, 9.17) is 0 Å². The van der Waals surface area contributed by atoms with Gasteiger partial charge in [-0.05, 0) is 48.7 Å². The fourth-order valence-corrected chi connectivity index (χ4v) is 5.47. The van der Waals surface area contributed by atoms with Crippen molar-refractivity contribution in [3.63, 3.8) is 0 Å². The Kier molecular flexibility index (Phi) is 6.60. The molecule has 0 unspecified atom stereocenters. The smallest absolute Gasteiger partial charge is 0.294 e. The summed E-state index contributed by atoms with van der Waals surface area (Å²) in [6.45, 7) is 1.49. The molecule has 0 spiro atoms. The van der Waals surface area contributed by atoms with Gasteiger partial charge in [-0.3, -0.25) is 29.4 Å². The maximum atomic E-state index is 13.0. The molecule has 2 aromatic carbocycles. The van der Waals surface area contributed by atoms with E-state index in [1.54, 1.807) is 23.1 Å². The largest absolute Gasteiger partial charge is 0.342 e. The molecule has 2 aliphatic heterocycles. The Morgan fingerprint density at radius 3 is 2.61 bits per heavy atom. The van der Waals surface area contributed by atoms with Crippen LogP contribution in [-0.4, -0.2) is 56.0 Å². The highest BCUT2D eigenvalue weighted by Crippen LogP contribution is 2.34. The summed E-state index contributed by atoms with van der Waals surface area (Å²) < 4.78 is 1.96. The number of carbonyl (C=O) groups is 3. The SMILES string of the molecule is O=C(CN1C(=O)S/C(=C\c2cn(Cc3cccc([N+](=O)[O-])c3)c3ccccc23)C1=O)N1CCCCC1. The third kappa shape index (κ3) is 4.76. The monoisotopic (exact) mass is 504 g/mol. The number of likely N-dealkylation sites (tertiary alicyclic amines) is 1. The number of rotatable bonds is 6. The normalized spacial score (nSPS) is 17.4. The van der Waals surface area contributed by atoms with E-state index in [0.29, 0.717) is 19.6 Å². The van der Waals surface area contributed by atoms with Gasteiger partial charge in [-0.1, -0.05) is 30.3 Å². The number of aromatic nitrogens is 1. The van der Waals surface area contributed by atoms with E-state index in [1.165, 1.54) is 6.07 Å². The number of thioether (sulfide) groups is 1. The molecule has 0 aliphatic carbocycles. The average molecular weight is 505 g/mol. The number of nitro groups is 1. The molecule has 36 heavy (non-hydrogen) atoms. The second-order valence-electron chi connectivity index (χ2n) is 8.87. The number of nitrogens with zero attached hydrogens (tertiary/aromatic N) is 4. The van der Waals surface area contributed by atoms with Gasteiger partial charge in [0.15, 0.2) is 0 Å². The number of nitro benzene ring substituents is 1. The number of non-ortho nitro benzene ring substituents is 1. The van der Waals surface area contributed by atoms with Gasteiger partial charge < -0.3 is 9.47 Å². The van der Waals surface area contributed by atoms with Crippen molar-refractivity contribution in [3.05, 3.63) is 80.9 Å². The second kappa shape index (κ2) is 9.98. The van der Waals surface area contributed by atoms with E-state index in [0.717, 1.165) is 58.0 Å². The fraction of sp³-hybridized carbons (Fsp3) is 0.269. The van der Waals surface area contributed by atoms with Crippen LogP contribution >= 0.6 is 11.8 Å². The molecule has 3 amide bonds. The molecule has 2 fully saturated rings. The molecule has 0 atom stereocenters. The number of benzene rings is 2. The first-order chi connectivity index (χ1) is 17.4. The Morgan fingerprint density at radius 1 is 1.06 bits per heavy atom. The van der Waals surface area contributed by atoms with Gasteiger partial charge in [0.1, 0.15) is 6.54 Å². The van der Waals surface area contributed by atoms with Gasteiger partial charge >= 0.3 is 0 Å². The summed E-state index contributed by atoms with van der Waals surface area (Å²) in [5.74, 6) is -0.669. The third-order valence-corrected chi connectivity index (χ3v) is 7.36. The predicted molar refractivity (Wildman–Crippen MR) is 137 cm³/mol. The Bertz CT molecular complexity index is 1410. The topological polar surface area (TPSA) is 106 Å². The van der Waals surface area contributed by atoms with Crippen molar-refractivity contribution in [1.29, 1.82) is 0 Å². The van der Waals surface area contributed by atoms with E-state index in [9.17, 15) is 24.5 Å². The van der Waals surface area contributed by atoms with Gasteiger partial charge in [-0.25, -0.2) is 0 Å². The Labute approximate surface area is 211 Å². The number of piperidine rings is 1. The zero-order valence-corrected chi connectivity index (χ0v) is 20.3. The summed E-state index contributed by atoms with van der Waals surface area (Å²) in [6, 6.07) is 14.1. The zero-order valence-electron chi connectivity index (χ0n) is 19.5. The highest BCUT2D eigenvalue weighted by atomic mass is 32.2. The number of imide groups is 1. The minimum absolute atomic E-state index is 0.0250. The highest BCUT2D eigenvalue weighted by molar-refractivity contribution is 8.18. The molecule has 2 aliphatic rings. The summed E-state index contributed by atoms with van der Waals surface area (Å²) in [5.41, 5.74) is 2.45. The van der Waals surface area contributed by atoms with Gasteiger partial charge in [0, 0.05) is 54.4 Å². The number of fused-ring (bicyclic) bond motifs is 1. The van der Waals surface area contributed by atoms with Crippen molar-refractivity contribution in [1.82, 2.24) is 14.4 Å². The molecule has 9 nitrogen and oxygen atoms in total. The lowest BCUT2D eigenvalue weighted by Crippen LogP contribution is -2.44. The quantitative estimate of drug-likeness (QED) is 0.275. The number of para-hydroxylation sites is 1. The van der Waals surface area contributed by atoms with Crippen molar-refractivity contribution in [2.24, 2.45) is 0 Å². The molecule has 2 saturated heterocycles. The van der Waals surface area contributed by atoms with Crippen LogP contribution in [0, 0.1) is 10.1 Å². The summed E-state index contributed by atoms with van der Waals surface area (Å²) in [7, 11) is 0.